The van der Waals surface area contributed by atoms with Crippen LogP contribution in [0.1, 0.15) is 38.3 Å². The highest BCUT2D eigenvalue weighted by Crippen LogP contribution is 2.42. The van der Waals surface area contributed by atoms with Crippen molar-refractivity contribution >= 4 is 33.3 Å². The number of nitrogens with zero attached hydrogens (tertiary/aromatic N) is 3. The predicted octanol–water partition coefficient (Wildman–Crippen LogP) is 4.15. The van der Waals surface area contributed by atoms with Crippen LogP contribution in [0.2, 0.25) is 0 Å². The van der Waals surface area contributed by atoms with E-state index in [0.717, 1.165) is 5.56 Å². The molecule has 0 saturated carbocycles. The quantitative estimate of drug-likeness (QED) is 0.499. The van der Waals surface area contributed by atoms with Crippen LogP contribution < -0.4 is 10.3 Å². The first-order chi connectivity index (χ1) is 13.9. The van der Waals surface area contributed by atoms with Crippen LogP contribution in [-0.2, 0) is 0 Å². The zero-order chi connectivity index (χ0) is 20.3. The maximum absolute atomic E-state index is 13.5. The molecule has 0 fully saturated rings. The Morgan fingerprint density at radius 2 is 1.83 bits per heavy atom. The van der Waals surface area contributed by atoms with Crippen LogP contribution in [0.25, 0.3) is 11.0 Å². The lowest BCUT2D eigenvalue weighted by atomic mass is 9.98. The Morgan fingerprint density at radius 1 is 1.07 bits per heavy atom. The molecule has 2 aromatic heterocycles. The first-order valence-electron chi connectivity index (χ1n) is 8.90. The summed E-state index contributed by atoms with van der Waals surface area (Å²) in [6.45, 7) is 3.66. The van der Waals surface area contributed by atoms with Crippen molar-refractivity contribution in [3.05, 3.63) is 86.0 Å². The van der Waals surface area contributed by atoms with Crippen molar-refractivity contribution in [1.29, 1.82) is 0 Å². The monoisotopic (exact) mass is 407 g/mol. The van der Waals surface area contributed by atoms with Crippen molar-refractivity contribution in [3.63, 3.8) is 0 Å². The van der Waals surface area contributed by atoms with Crippen molar-refractivity contribution < 1.29 is 13.6 Å². The van der Waals surface area contributed by atoms with Crippen LogP contribution in [0, 0.1) is 19.7 Å². The van der Waals surface area contributed by atoms with Gasteiger partial charge in [-0.25, -0.2) is 4.39 Å². The number of carbonyl (C=O) groups excluding carboxylic acids is 1. The fourth-order valence-corrected chi connectivity index (χ4v) is 4.34. The third kappa shape index (κ3) is 2.67. The fraction of sp³-hybridized carbons (Fsp3) is 0.143. The van der Waals surface area contributed by atoms with Crippen molar-refractivity contribution in [2.24, 2.45) is 0 Å². The molecule has 8 heteroatoms. The van der Waals surface area contributed by atoms with Crippen LogP contribution in [0.4, 0.5) is 9.52 Å². The van der Waals surface area contributed by atoms with Gasteiger partial charge < -0.3 is 4.42 Å². The Kier molecular flexibility index (Phi) is 3.85. The lowest BCUT2D eigenvalue weighted by Gasteiger charge is -2.22. The SMILES string of the molecule is Cc1ccc2oc3c(c(=O)c2c1)C(c1ccc(F)cc1)N(c1nnc(C)s1)C3=O. The Balaban J connectivity index is 1.83. The van der Waals surface area contributed by atoms with Crippen LogP contribution in [0.15, 0.2) is 51.7 Å². The number of fused-ring (bicyclic) bond motifs is 2. The third-order valence-corrected chi connectivity index (χ3v) is 5.77. The Bertz CT molecular complexity index is 1340. The number of rotatable bonds is 2. The summed E-state index contributed by atoms with van der Waals surface area (Å²) < 4.78 is 19.4. The molecule has 4 aromatic rings. The highest BCUT2D eigenvalue weighted by atomic mass is 32.1. The van der Waals surface area contributed by atoms with Crippen LogP contribution in [0.3, 0.4) is 0 Å². The van der Waals surface area contributed by atoms with E-state index in [1.165, 1.54) is 28.4 Å². The van der Waals surface area contributed by atoms with E-state index >= 15 is 0 Å². The first-order valence-corrected chi connectivity index (χ1v) is 9.72. The molecule has 0 spiro atoms. The molecule has 0 radical (unpaired) electrons. The maximum Gasteiger partial charge on any atom is 0.297 e. The Hall–Kier alpha value is -3.39. The largest absolute Gasteiger partial charge is 0.450 e. The van der Waals surface area contributed by atoms with Gasteiger partial charge in [0.25, 0.3) is 5.91 Å². The summed E-state index contributed by atoms with van der Waals surface area (Å²) in [4.78, 5) is 28.1. The molecule has 1 unspecified atom stereocenters. The van der Waals surface area contributed by atoms with E-state index in [0.29, 0.717) is 26.7 Å². The van der Waals surface area contributed by atoms with E-state index in [1.807, 2.05) is 13.0 Å². The van der Waals surface area contributed by atoms with Crippen LogP contribution >= 0.6 is 11.3 Å². The fourth-order valence-electron chi connectivity index (χ4n) is 3.63. The van der Waals surface area contributed by atoms with Crippen molar-refractivity contribution in [2.75, 3.05) is 4.90 Å². The molecule has 2 aromatic carbocycles. The van der Waals surface area contributed by atoms with Gasteiger partial charge in [0.05, 0.1) is 17.0 Å². The van der Waals surface area contributed by atoms with Crippen molar-refractivity contribution in [1.82, 2.24) is 10.2 Å². The second kappa shape index (κ2) is 6.31. The minimum atomic E-state index is -0.772. The van der Waals surface area contributed by atoms with Crippen LogP contribution in [-0.4, -0.2) is 16.1 Å². The standard InChI is InChI=1S/C21H14FN3O3S/c1-10-3-8-15-14(9-10)18(26)16-17(12-4-6-13(22)7-5-12)25(20(27)19(16)28-15)21-24-23-11(2)29-21/h3-9,17H,1-2H3. The Labute approximate surface area is 168 Å². The smallest absolute Gasteiger partial charge is 0.297 e. The summed E-state index contributed by atoms with van der Waals surface area (Å²) in [5, 5.41) is 9.53. The molecule has 0 bridgehead atoms. The second-order valence-electron chi connectivity index (χ2n) is 6.91. The van der Waals surface area contributed by atoms with Gasteiger partial charge in [0.2, 0.25) is 10.9 Å². The number of benzene rings is 2. The molecule has 0 aliphatic carbocycles. The summed E-state index contributed by atoms with van der Waals surface area (Å²) in [6.07, 6.45) is 0. The van der Waals surface area contributed by atoms with Gasteiger partial charge in [-0.1, -0.05) is 35.1 Å². The topological polar surface area (TPSA) is 76.3 Å². The summed E-state index contributed by atoms with van der Waals surface area (Å²) in [6, 6.07) is 10.2. The van der Waals surface area contributed by atoms with Crippen molar-refractivity contribution in [2.45, 2.75) is 19.9 Å². The average Bonchev–Trinajstić information content (AvgIpc) is 3.25. The molecule has 0 N–H and O–H groups in total. The lowest BCUT2D eigenvalue weighted by molar-refractivity contribution is 0.0970. The normalized spacial score (nSPS) is 15.9. The molecule has 1 amide bonds. The minimum absolute atomic E-state index is 0.0199. The number of aromatic nitrogens is 2. The number of carbonyl (C=O) groups is 1. The molecule has 3 heterocycles. The maximum atomic E-state index is 13.5. The van der Waals surface area contributed by atoms with E-state index in [1.54, 1.807) is 31.2 Å². The molecule has 0 saturated heterocycles. The molecule has 5 rings (SSSR count). The van der Waals surface area contributed by atoms with Gasteiger partial charge in [-0.3, -0.25) is 14.5 Å². The van der Waals surface area contributed by atoms with Gasteiger partial charge in [0.15, 0.2) is 5.43 Å². The molecule has 1 aliphatic heterocycles. The highest BCUT2D eigenvalue weighted by molar-refractivity contribution is 7.15. The lowest BCUT2D eigenvalue weighted by Crippen LogP contribution is -2.29. The number of halogens is 1. The summed E-state index contributed by atoms with van der Waals surface area (Å²) >= 11 is 1.24. The number of aryl methyl sites for hydroxylation is 2. The van der Waals surface area contributed by atoms with E-state index in [2.05, 4.69) is 10.2 Å². The van der Waals surface area contributed by atoms with Gasteiger partial charge in [-0.15, -0.1) is 10.2 Å². The molecular weight excluding hydrogens is 393 g/mol. The summed E-state index contributed by atoms with van der Waals surface area (Å²) in [5.41, 5.74) is 1.79. The molecule has 1 atom stereocenters. The number of anilines is 1. The van der Waals surface area contributed by atoms with E-state index in [4.69, 9.17) is 4.42 Å². The van der Waals surface area contributed by atoms with Gasteiger partial charge in [0.1, 0.15) is 16.4 Å². The minimum Gasteiger partial charge on any atom is -0.450 e. The molecule has 144 valence electrons. The zero-order valence-corrected chi connectivity index (χ0v) is 16.3. The molecule has 6 nitrogen and oxygen atoms in total. The predicted molar refractivity (Wildman–Crippen MR) is 107 cm³/mol. The zero-order valence-electron chi connectivity index (χ0n) is 15.5. The highest BCUT2D eigenvalue weighted by Gasteiger charge is 2.45. The summed E-state index contributed by atoms with van der Waals surface area (Å²) in [7, 11) is 0. The van der Waals surface area contributed by atoms with Crippen LogP contribution in [0.5, 0.6) is 0 Å². The summed E-state index contributed by atoms with van der Waals surface area (Å²) in [5.74, 6) is -0.892. The van der Waals surface area contributed by atoms with Gasteiger partial charge in [-0.05, 0) is 43.7 Å². The first kappa shape index (κ1) is 17.7. The Morgan fingerprint density at radius 3 is 2.52 bits per heavy atom. The van der Waals surface area contributed by atoms with Gasteiger partial charge in [-0.2, -0.15) is 0 Å². The number of hydrogen-bond acceptors (Lipinski definition) is 6. The number of amides is 1. The van der Waals surface area contributed by atoms with Gasteiger partial charge in [0, 0.05) is 0 Å². The number of hydrogen-bond donors (Lipinski definition) is 0. The van der Waals surface area contributed by atoms with E-state index in [-0.39, 0.29) is 16.8 Å². The van der Waals surface area contributed by atoms with E-state index < -0.39 is 17.8 Å². The molecular formula is C21H14FN3O3S. The third-order valence-electron chi connectivity index (χ3n) is 4.93. The van der Waals surface area contributed by atoms with Gasteiger partial charge >= 0.3 is 0 Å². The molecule has 1 aliphatic rings. The van der Waals surface area contributed by atoms with Crippen molar-refractivity contribution in [3.8, 4) is 0 Å². The molecule has 29 heavy (non-hydrogen) atoms. The average molecular weight is 407 g/mol. The van der Waals surface area contributed by atoms with E-state index in [9.17, 15) is 14.0 Å². The second-order valence-corrected chi connectivity index (χ2v) is 8.07.